The molecule has 320 valence electrons. The first-order chi connectivity index (χ1) is 27.9. The third-order valence-corrected chi connectivity index (χ3v) is 12.3. The Morgan fingerprint density at radius 1 is 0.500 bits per heavy atom. The summed E-state index contributed by atoms with van der Waals surface area (Å²) in [6.45, 7) is 19.9. The van der Waals surface area contributed by atoms with E-state index in [-0.39, 0.29) is 13.2 Å². The molecule has 2 aromatic rings. The average molecular weight is 846 g/mol. The van der Waals surface area contributed by atoms with Crippen LogP contribution in [0.25, 0.3) is 0 Å². The van der Waals surface area contributed by atoms with Crippen molar-refractivity contribution in [3.05, 3.63) is 154 Å². The van der Waals surface area contributed by atoms with E-state index in [2.05, 4.69) is 159 Å². The normalized spacial score (nSPS) is 15.0. The van der Waals surface area contributed by atoms with Crippen LogP contribution in [0.2, 0.25) is 0 Å². The van der Waals surface area contributed by atoms with Crippen LogP contribution in [-0.4, -0.2) is 39.8 Å². The van der Waals surface area contributed by atoms with Gasteiger partial charge in [-0.1, -0.05) is 137 Å². The fourth-order valence-corrected chi connectivity index (χ4v) is 8.96. The van der Waals surface area contributed by atoms with Crippen molar-refractivity contribution in [2.45, 2.75) is 153 Å². The van der Waals surface area contributed by atoms with Gasteiger partial charge < -0.3 is 10.2 Å². The van der Waals surface area contributed by atoms with E-state index in [0.29, 0.717) is 16.4 Å². The van der Waals surface area contributed by atoms with Crippen LogP contribution in [0.4, 0.5) is 0 Å². The molecule has 0 aliphatic rings. The summed E-state index contributed by atoms with van der Waals surface area (Å²) in [5.41, 5.74) is 10.8. The van der Waals surface area contributed by atoms with Gasteiger partial charge in [0.15, 0.2) is 0 Å². The lowest BCUT2D eigenvalue weighted by atomic mass is 10.0. The molecule has 0 aromatic heterocycles. The Morgan fingerprint density at radius 3 is 1.26 bits per heavy atom. The van der Waals surface area contributed by atoms with Crippen LogP contribution in [-0.2, 0) is 0 Å². The van der Waals surface area contributed by atoms with Gasteiger partial charge in [0.05, 0.1) is 13.2 Å². The van der Waals surface area contributed by atoms with E-state index in [9.17, 15) is 0 Å². The lowest BCUT2D eigenvalue weighted by molar-refractivity contribution is 0.331. The summed E-state index contributed by atoms with van der Waals surface area (Å²) in [5, 5.41) is 19.0. The van der Waals surface area contributed by atoms with Crippen LogP contribution in [0.15, 0.2) is 164 Å². The van der Waals surface area contributed by atoms with Crippen LogP contribution in [0.1, 0.15) is 133 Å². The van der Waals surface area contributed by atoms with Crippen LogP contribution < -0.4 is 0 Å². The summed E-state index contributed by atoms with van der Waals surface area (Å²) in [6, 6.07) is 21.4. The average Bonchev–Trinajstić information content (AvgIpc) is 3.18. The molecule has 0 aliphatic carbocycles. The maximum absolute atomic E-state index is 9.15. The second-order valence-corrected chi connectivity index (χ2v) is 18.6. The highest BCUT2D eigenvalue weighted by atomic mass is 35.5. The van der Waals surface area contributed by atoms with Gasteiger partial charge in [-0.05, 0) is 150 Å². The molecule has 2 nitrogen and oxygen atoms in total. The van der Waals surface area contributed by atoms with Crippen molar-refractivity contribution in [3.8, 4) is 0 Å². The highest BCUT2D eigenvalue weighted by Crippen LogP contribution is 2.31. The van der Waals surface area contributed by atoms with Crippen molar-refractivity contribution in [1.29, 1.82) is 0 Å². The quantitative estimate of drug-likeness (QED) is 0.0562. The molecule has 0 saturated heterocycles. The predicted octanol–water partition coefficient (Wildman–Crippen LogP) is 16.4. The predicted molar refractivity (Wildman–Crippen MR) is 264 cm³/mol. The maximum atomic E-state index is 9.15. The van der Waals surface area contributed by atoms with E-state index >= 15 is 0 Å². The number of hydrogen-bond donors (Lipinski definition) is 2. The zero-order valence-corrected chi connectivity index (χ0v) is 39.9. The van der Waals surface area contributed by atoms with Crippen LogP contribution >= 0.6 is 35.1 Å². The molecule has 2 unspecified atom stereocenters. The van der Waals surface area contributed by atoms with Gasteiger partial charge in [0.1, 0.15) is 0 Å². The van der Waals surface area contributed by atoms with Crippen LogP contribution in [0.5, 0.6) is 0 Å². The Hall–Kier alpha value is -2.73. The fraction of sp³-hybridized carbons (Fsp3) is 0.472. The third-order valence-electron chi connectivity index (χ3n) is 9.63. The molecule has 2 atom stereocenters. The smallest absolute Gasteiger partial charge is 0.0639 e. The summed E-state index contributed by atoms with van der Waals surface area (Å²) >= 11 is 9.76. The van der Waals surface area contributed by atoms with Crippen molar-refractivity contribution in [2.75, 3.05) is 19.1 Å². The molecule has 5 heteroatoms. The van der Waals surface area contributed by atoms with Gasteiger partial charge >= 0.3 is 0 Å². The Balaban J connectivity index is 0.000000580. The number of thioether (sulfide) groups is 2. The molecule has 0 aliphatic heterocycles. The van der Waals surface area contributed by atoms with E-state index < -0.39 is 0 Å². The van der Waals surface area contributed by atoms with Gasteiger partial charge in [0.25, 0.3) is 0 Å². The Morgan fingerprint density at radius 2 is 0.879 bits per heavy atom. The van der Waals surface area contributed by atoms with Gasteiger partial charge in [-0.15, -0.1) is 35.1 Å². The molecule has 2 rings (SSSR count). The minimum absolute atomic E-state index is 0.133. The number of alkyl halides is 1. The van der Waals surface area contributed by atoms with E-state index in [1.165, 1.54) is 48.8 Å². The standard InChI is InChI=1S/C27H40OS.C26H37ClOS/c1-6-12-22(2)13-10-14-23(3)19-27(29-26-17-8-7-9-18-26)20-24(4)15-11-16-25(5)21-28;1-21(16-17-28)10-8-11-22(2)18-26(29-25-14-6-5-7-15-25)19-23(3)12-9-13-24(4)20-27/h7-9,12,14,16-18,20,27-28H,6,10-11,13,15,19,21H2,1-5H3;5-7,11,13-16,19,26,28H,8-10,12,17-18,20H2,1-4H3/b22-12+,23-14+,24-20+,25-16+;21-16+,22-11+,23-19+,24-13+. The number of hydrogen-bond acceptors (Lipinski definition) is 4. The second kappa shape index (κ2) is 34.0. The molecule has 2 N–H and O–H groups in total. The van der Waals surface area contributed by atoms with E-state index in [4.69, 9.17) is 21.8 Å². The molecule has 0 amide bonds. The largest absolute Gasteiger partial charge is 0.392 e. The molecule has 0 radical (unpaired) electrons. The Kier molecular flexibility index (Phi) is 31.3. The highest BCUT2D eigenvalue weighted by molar-refractivity contribution is 8.00. The first-order valence-corrected chi connectivity index (χ1v) is 23.7. The number of halogens is 1. The zero-order chi connectivity index (χ0) is 43.0. The fourth-order valence-electron chi connectivity index (χ4n) is 6.23. The Labute approximate surface area is 369 Å². The van der Waals surface area contributed by atoms with Crippen molar-refractivity contribution in [2.24, 2.45) is 0 Å². The Bertz CT molecular complexity index is 1520. The minimum Gasteiger partial charge on any atom is -0.392 e. The van der Waals surface area contributed by atoms with Gasteiger partial charge in [0.2, 0.25) is 0 Å². The number of allylic oxidation sites excluding steroid dienone is 12. The SMILES string of the molecule is C/C(=C\CC/C(C)=C/C(C/C(C)=C/CC/C(C)=C/CO)Sc1ccccc1)CCl.CC/C=C(\C)CC/C=C(\C)CC(/C=C(\C)CC/C=C(\C)CO)Sc1ccccc1. The lowest BCUT2D eigenvalue weighted by Crippen LogP contribution is -2.01. The van der Waals surface area contributed by atoms with Crippen molar-refractivity contribution in [1.82, 2.24) is 0 Å². The van der Waals surface area contributed by atoms with Gasteiger partial charge in [0, 0.05) is 26.2 Å². The third kappa shape index (κ3) is 28.7. The van der Waals surface area contributed by atoms with E-state index in [1.807, 2.05) is 36.5 Å². The molecular weight excluding hydrogens is 768 g/mol. The number of aliphatic hydroxyl groups excluding tert-OH is 2. The van der Waals surface area contributed by atoms with Crippen molar-refractivity contribution < 1.29 is 10.2 Å². The highest BCUT2D eigenvalue weighted by Gasteiger charge is 2.11. The van der Waals surface area contributed by atoms with Crippen LogP contribution in [0.3, 0.4) is 0 Å². The molecule has 0 saturated carbocycles. The van der Waals surface area contributed by atoms with Gasteiger partial charge in [-0.2, -0.15) is 0 Å². The summed E-state index contributed by atoms with van der Waals surface area (Å²) in [4.78, 5) is 2.64. The maximum Gasteiger partial charge on any atom is 0.0639 e. The monoisotopic (exact) mass is 845 g/mol. The van der Waals surface area contributed by atoms with Gasteiger partial charge in [-0.25, -0.2) is 0 Å². The lowest BCUT2D eigenvalue weighted by Gasteiger charge is -2.15. The first-order valence-electron chi connectivity index (χ1n) is 21.4. The summed E-state index contributed by atoms with van der Waals surface area (Å²) in [5.74, 6) is 0.617. The number of rotatable bonds is 26. The summed E-state index contributed by atoms with van der Waals surface area (Å²) < 4.78 is 0. The van der Waals surface area contributed by atoms with Crippen molar-refractivity contribution >= 4 is 35.1 Å². The van der Waals surface area contributed by atoms with Crippen LogP contribution in [0, 0.1) is 0 Å². The molecule has 0 fully saturated rings. The minimum atomic E-state index is 0.133. The van der Waals surface area contributed by atoms with Crippen molar-refractivity contribution in [3.63, 3.8) is 0 Å². The summed E-state index contributed by atoms with van der Waals surface area (Å²) in [6.07, 6.45) is 30.0. The second-order valence-electron chi connectivity index (χ2n) is 15.7. The molecule has 2 aromatic carbocycles. The molecule has 0 bridgehead atoms. The molecule has 0 spiro atoms. The number of aliphatic hydroxyl groups is 2. The molecular formula is C53H77ClO2S2. The van der Waals surface area contributed by atoms with E-state index in [0.717, 1.165) is 76.2 Å². The first kappa shape index (κ1) is 53.3. The van der Waals surface area contributed by atoms with Gasteiger partial charge in [-0.3, -0.25) is 0 Å². The van der Waals surface area contributed by atoms with E-state index in [1.54, 1.807) is 0 Å². The topological polar surface area (TPSA) is 40.5 Å². The molecule has 58 heavy (non-hydrogen) atoms. The summed E-state index contributed by atoms with van der Waals surface area (Å²) in [7, 11) is 0. The number of benzene rings is 2. The zero-order valence-electron chi connectivity index (χ0n) is 37.5. The molecule has 0 heterocycles.